The maximum atomic E-state index is 11.5. The third-order valence-electron chi connectivity index (χ3n) is 2.43. The quantitative estimate of drug-likeness (QED) is 0.650. The van der Waals surface area contributed by atoms with E-state index in [0.717, 1.165) is 17.5 Å². The maximum Gasteiger partial charge on any atom is 0.240 e. The molecule has 0 saturated carbocycles. The molecule has 0 spiro atoms. The summed E-state index contributed by atoms with van der Waals surface area (Å²) in [6.07, 6.45) is 2.84. The van der Waals surface area contributed by atoms with Crippen LogP contribution in [0.4, 0.5) is 0 Å². The van der Waals surface area contributed by atoms with Crippen molar-refractivity contribution in [1.29, 1.82) is 0 Å². The van der Waals surface area contributed by atoms with Crippen LogP contribution in [0.2, 0.25) is 0 Å². The van der Waals surface area contributed by atoms with Crippen LogP contribution in [0.3, 0.4) is 0 Å². The highest BCUT2D eigenvalue weighted by Crippen LogP contribution is 2.03. The molecule has 1 heterocycles. The molecule has 2 rings (SSSR count). The van der Waals surface area contributed by atoms with Crippen LogP contribution in [-0.2, 0) is 11.2 Å². The van der Waals surface area contributed by atoms with Crippen LogP contribution in [-0.4, -0.2) is 12.1 Å². The highest BCUT2D eigenvalue weighted by Gasteiger charge is 2.00. The zero-order chi connectivity index (χ0) is 12.6. The monoisotopic (exact) mass is 258 g/mol. The second-order valence-corrected chi connectivity index (χ2v) is 4.62. The maximum absolute atomic E-state index is 11.5. The first-order chi connectivity index (χ1) is 8.84. The largest absolute Gasteiger partial charge is 0.273 e. The van der Waals surface area contributed by atoms with Crippen molar-refractivity contribution in [2.45, 2.75) is 12.8 Å². The number of benzene rings is 1. The number of rotatable bonds is 5. The number of carbonyl (C=O) groups excluding carboxylic acids is 1. The Morgan fingerprint density at radius 2 is 2.11 bits per heavy atom. The third-order valence-corrected chi connectivity index (χ3v) is 3.13. The summed E-state index contributed by atoms with van der Waals surface area (Å²) in [5.41, 5.74) is 4.69. The molecule has 0 atom stereocenters. The van der Waals surface area contributed by atoms with Crippen LogP contribution in [0.1, 0.15) is 17.5 Å². The van der Waals surface area contributed by atoms with Crippen molar-refractivity contribution < 1.29 is 4.79 Å². The summed E-state index contributed by atoms with van der Waals surface area (Å²) < 4.78 is 0. The van der Waals surface area contributed by atoms with E-state index in [4.69, 9.17) is 0 Å². The second kappa shape index (κ2) is 6.71. The van der Waals surface area contributed by atoms with Gasteiger partial charge < -0.3 is 0 Å². The van der Waals surface area contributed by atoms with Gasteiger partial charge in [-0.05, 0) is 28.8 Å². The number of nitrogens with zero attached hydrogens (tertiary/aromatic N) is 1. The molecular formula is C14H14N2OS. The zero-order valence-corrected chi connectivity index (χ0v) is 10.7. The predicted molar refractivity (Wildman–Crippen MR) is 74.8 cm³/mol. The lowest BCUT2D eigenvalue weighted by Gasteiger charge is -2.00. The van der Waals surface area contributed by atoms with Crippen molar-refractivity contribution in [1.82, 2.24) is 5.43 Å². The van der Waals surface area contributed by atoms with Gasteiger partial charge in [0.15, 0.2) is 0 Å². The van der Waals surface area contributed by atoms with Gasteiger partial charge in [0.05, 0.1) is 6.21 Å². The summed E-state index contributed by atoms with van der Waals surface area (Å²) >= 11 is 1.60. The molecule has 2 aromatic rings. The average molecular weight is 258 g/mol. The van der Waals surface area contributed by atoms with E-state index in [1.165, 1.54) is 0 Å². The summed E-state index contributed by atoms with van der Waals surface area (Å²) in [6.45, 7) is 0. The van der Waals surface area contributed by atoms with Gasteiger partial charge >= 0.3 is 0 Å². The molecule has 3 nitrogen and oxygen atoms in total. The van der Waals surface area contributed by atoms with E-state index >= 15 is 0 Å². The molecule has 1 N–H and O–H groups in total. The van der Waals surface area contributed by atoms with Crippen LogP contribution in [0.5, 0.6) is 0 Å². The standard InChI is InChI=1S/C14H14N2OS/c17-14(7-6-12-4-2-1-3-5-12)16-15-10-13-8-9-18-11-13/h1-5,8-11H,6-7H2,(H,16,17). The van der Waals surface area contributed by atoms with E-state index in [1.807, 2.05) is 47.2 Å². The van der Waals surface area contributed by atoms with Gasteiger partial charge in [0.2, 0.25) is 5.91 Å². The molecule has 0 aliphatic rings. The Morgan fingerprint density at radius 1 is 1.28 bits per heavy atom. The van der Waals surface area contributed by atoms with Gasteiger partial charge in [-0.15, -0.1) is 0 Å². The van der Waals surface area contributed by atoms with Crippen molar-refractivity contribution in [2.75, 3.05) is 0 Å². The molecule has 0 aliphatic carbocycles. The minimum absolute atomic E-state index is 0.0645. The van der Waals surface area contributed by atoms with E-state index < -0.39 is 0 Å². The van der Waals surface area contributed by atoms with Crippen molar-refractivity contribution in [3.05, 3.63) is 58.3 Å². The van der Waals surface area contributed by atoms with Crippen LogP contribution >= 0.6 is 11.3 Å². The number of hydrogen-bond donors (Lipinski definition) is 1. The molecule has 0 unspecified atom stereocenters. The van der Waals surface area contributed by atoms with Crippen LogP contribution in [0.25, 0.3) is 0 Å². The highest BCUT2D eigenvalue weighted by atomic mass is 32.1. The van der Waals surface area contributed by atoms with Crippen molar-refractivity contribution in [3.63, 3.8) is 0 Å². The molecule has 18 heavy (non-hydrogen) atoms. The Morgan fingerprint density at radius 3 is 2.83 bits per heavy atom. The fourth-order valence-electron chi connectivity index (χ4n) is 1.49. The summed E-state index contributed by atoms with van der Waals surface area (Å²) in [4.78, 5) is 11.5. The van der Waals surface area contributed by atoms with Gasteiger partial charge in [-0.3, -0.25) is 4.79 Å². The Hall–Kier alpha value is -1.94. The molecule has 0 saturated heterocycles. The van der Waals surface area contributed by atoms with Gasteiger partial charge in [0.25, 0.3) is 0 Å². The zero-order valence-electron chi connectivity index (χ0n) is 9.87. The minimum Gasteiger partial charge on any atom is -0.273 e. The smallest absolute Gasteiger partial charge is 0.240 e. The molecule has 0 bridgehead atoms. The molecular weight excluding hydrogens is 244 g/mol. The summed E-state index contributed by atoms with van der Waals surface area (Å²) in [5, 5.41) is 7.85. The van der Waals surface area contributed by atoms with Gasteiger partial charge in [-0.2, -0.15) is 16.4 Å². The second-order valence-electron chi connectivity index (χ2n) is 3.84. The lowest BCUT2D eigenvalue weighted by molar-refractivity contribution is -0.121. The Kier molecular flexibility index (Phi) is 4.67. The van der Waals surface area contributed by atoms with E-state index in [0.29, 0.717) is 6.42 Å². The number of aryl methyl sites for hydroxylation is 1. The minimum atomic E-state index is -0.0645. The first kappa shape index (κ1) is 12.5. The summed E-state index contributed by atoms with van der Waals surface area (Å²) in [6, 6.07) is 11.9. The third kappa shape index (κ3) is 4.14. The van der Waals surface area contributed by atoms with Gasteiger partial charge in [0.1, 0.15) is 0 Å². The van der Waals surface area contributed by atoms with Gasteiger partial charge in [-0.1, -0.05) is 30.3 Å². The van der Waals surface area contributed by atoms with Crippen LogP contribution < -0.4 is 5.43 Å². The van der Waals surface area contributed by atoms with E-state index in [1.54, 1.807) is 17.6 Å². The van der Waals surface area contributed by atoms with Crippen molar-refractivity contribution in [2.24, 2.45) is 5.10 Å². The number of hydrogen-bond acceptors (Lipinski definition) is 3. The number of nitrogens with one attached hydrogen (secondary N) is 1. The van der Waals surface area contributed by atoms with E-state index in [9.17, 15) is 4.79 Å². The van der Waals surface area contributed by atoms with Crippen LogP contribution in [0, 0.1) is 0 Å². The Labute approximate surface area is 110 Å². The Balaban J connectivity index is 1.73. The Bertz CT molecular complexity index is 506. The van der Waals surface area contributed by atoms with Crippen molar-refractivity contribution >= 4 is 23.5 Å². The van der Waals surface area contributed by atoms with E-state index in [2.05, 4.69) is 10.5 Å². The molecule has 92 valence electrons. The first-order valence-corrected chi connectivity index (χ1v) is 6.67. The molecule has 1 aromatic heterocycles. The highest BCUT2D eigenvalue weighted by molar-refractivity contribution is 7.08. The molecule has 1 aromatic carbocycles. The molecule has 0 radical (unpaired) electrons. The fraction of sp³-hybridized carbons (Fsp3) is 0.143. The normalized spacial score (nSPS) is 10.7. The first-order valence-electron chi connectivity index (χ1n) is 5.72. The number of hydrazone groups is 1. The average Bonchev–Trinajstić information content (AvgIpc) is 2.91. The lowest BCUT2D eigenvalue weighted by Crippen LogP contribution is -2.17. The lowest BCUT2D eigenvalue weighted by atomic mass is 10.1. The van der Waals surface area contributed by atoms with Gasteiger partial charge in [-0.25, -0.2) is 5.43 Å². The number of thiophene rings is 1. The molecule has 0 aliphatic heterocycles. The molecule has 4 heteroatoms. The van der Waals surface area contributed by atoms with Crippen LogP contribution in [0.15, 0.2) is 52.3 Å². The number of carbonyl (C=O) groups is 1. The summed E-state index contributed by atoms with van der Waals surface area (Å²) in [7, 11) is 0. The molecule has 1 amide bonds. The SMILES string of the molecule is O=C(CCc1ccccc1)NN=Cc1ccsc1. The number of amides is 1. The van der Waals surface area contributed by atoms with E-state index in [-0.39, 0.29) is 5.91 Å². The predicted octanol–water partition coefficient (Wildman–Crippen LogP) is 2.83. The van der Waals surface area contributed by atoms with Gasteiger partial charge in [0, 0.05) is 12.0 Å². The topological polar surface area (TPSA) is 41.5 Å². The molecule has 0 fully saturated rings. The summed E-state index contributed by atoms with van der Waals surface area (Å²) in [5.74, 6) is -0.0645. The fourth-order valence-corrected chi connectivity index (χ4v) is 2.10. The van der Waals surface area contributed by atoms with Crippen molar-refractivity contribution in [3.8, 4) is 0 Å².